The lowest BCUT2D eigenvalue weighted by atomic mass is 10.1. The molecular weight excluding hydrogens is 250 g/mol. The number of para-hydroxylation sites is 1. The molecule has 112 valence electrons. The minimum atomic E-state index is -0.449. The van der Waals surface area contributed by atoms with E-state index in [1.165, 1.54) is 0 Å². The zero-order chi connectivity index (χ0) is 15.1. The van der Waals surface area contributed by atoms with Gasteiger partial charge in [0.25, 0.3) is 5.91 Å². The summed E-state index contributed by atoms with van der Waals surface area (Å²) in [7, 11) is 0. The fourth-order valence-corrected chi connectivity index (χ4v) is 2.15. The Morgan fingerprint density at radius 1 is 1.00 bits per heavy atom. The van der Waals surface area contributed by atoms with Crippen LogP contribution in [0.2, 0.25) is 0 Å². The highest BCUT2D eigenvalue weighted by atomic mass is 16.5. The van der Waals surface area contributed by atoms with Crippen molar-refractivity contribution < 1.29 is 9.53 Å². The van der Waals surface area contributed by atoms with E-state index in [9.17, 15) is 4.79 Å². The van der Waals surface area contributed by atoms with Crippen molar-refractivity contribution in [3.8, 4) is 5.75 Å². The Balaban J connectivity index is 2.67. The van der Waals surface area contributed by atoms with Crippen molar-refractivity contribution in [3.05, 3.63) is 30.3 Å². The van der Waals surface area contributed by atoms with E-state index in [0.717, 1.165) is 18.8 Å². The third-order valence-corrected chi connectivity index (χ3v) is 2.89. The lowest BCUT2D eigenvalue weighted by Crippen LogP contribution is -2.44. The lowest BCUT2D eigenvalue weighted by molar-refractivity contribution is -0.139. The van der Waals surface area contributed by atoms with Crippen LogP contribution in [0.15, 0.2) is 30.3 Å². The number of hydrogen-bond donors (Lipinski definition) is 0. The van der Waals surface area contributed by atoms with Crippen LogP contribution in [-0.4, -0.2) is 30.0 Å². The molecule has 1 aromatic rings. The molecule has 0 saturated heterocycles. The Morgan fingerprint density at radius 3 is 1.95 bits per heavy atom. The second-order valence-corrected chi connectivity index (χ2v) is 6.10. The molecule has 1 atom stereocenters. The smallest absolute Gasteiger partial charge is 0.263 e. The van der Waals surface area contributed by atoms with Gasteiger partial charge < -0.3 is 9.64 Å². The number of carbonyl (C=O) groups excluding carboxylic acids is 1. The molecule has 0 saturated carbocycles. The third-order valence-electron chi connectivity index (χ3n) is 2.89. The van der Waals surface area contributed by atoms with Crippen molar-refractivity contribution in [2.24, 2.45) is 11.8 Å². The molecule has 0 bridgehead atoms. The van der Waals surface area contributed by atoms with E-state index in [1.807, 2.05) is 42.2 Å². The summed E-state index contributed by atoms with van der Waals surface area (Å²) in [4.78, 5) is 14.4. The largest absolute Gasteiger partial charge is 0.481 e. The van der Waals surface area contributed by atoms with Crippen LogP contribution in [0.3, 0.4) is 0 Å². The van der Waals surface area contributed by atoms with Gasteiger partial charge in [0.2, 0.25) is 0 Å². The molecule has 0 spiro atoms. The lowest BCUT2D eigenvalue weighted by Gasteiger charge is -2.29. The predicted octanol–water partition coefficient (Wildman–Crippen LogP) is 3.59. The van der Waals surface area contributed by atoms with Crippen LogP contribution in [0.1, 0.15) is 34.6 Å². The molecule has 1 aromatic carbocycles. The monoisotopic (exact) mass is 277 g/mol. The van der Waals surface area contributed by atoms with Crippen molar-refractivity contribution >= 4 is 5.91 Å². The molecule has 0 aliphatic carbocycles. The molecule has 3 heteroatoms. The van der Waals surface area contributed by atoms with Crippen LogP contribution >= 0.6 is 0 Å². The predicted molar refractivity (Wildman–Crippen MR) is 82.8 cm³/mol. The molecule has 0 unspecified atom stereocenters. The van der Waals surface area contributed by atoms with Crippen LogP contribution in [0.4, 0.5) is 0 Å². The second-order valence-electron chi connectivity index (χ2n) is 6.10. The number of ether oxygens (including phenoxy) is 1. The molecule has 3 nitrogen and oxygen atoms in total. The number of carbonyl (C=O) groups is 1. The van der Waals surface area contributed by atoms with Gasteiger partial charge in [-0.2, -0.15) is 0 Å². The van der Waals surface area contributed by atoms with Gasteiger partial charge in [-0.1, -0.05) is 45.9 Å². The van der Waals surface area contributed by atoms with E-state index >= 15 is 0 Å². The normalized spacial score (nSPS) is 12.6. The van der Waals surface area contributed by atoms with Gasteiger partial charge in [-0.3, -0.25) is 4.79 Å². The Bertz CT molecular complexity index is 391. The van der Waals surface area contributed by atoms with Gasteiger partial charge in [0.15, 0.2) is 6.10 Å². The Hall–Kier alpha value is -1.51. The average Bonchev–Trinajstić information content (AvgIpc) is 2.37. The standard InChI is InChI=1S/C17H27NO2/c1-13(2)11-18(12-14(3)4)17(19)15(5)20-16-9-7-6-8-10-16/h6-10,13-15H,11-12H2,1-5H3/t15-/m1/s1. The van der Waals surface area contributed by atoms with Crippen molar-refractivity contribution in [2.45, 2.75) is 40.7 Å². The van der Waals surface area contributed by atoms with Gasteiger partial charge >= 0.3 is 0 Å². The first-order chi connectivity index (χ1) is 9.40. The first kappa shape index (κ1) is 16.5. The minimum Gasteiger partial charge on any atom is -0.481 e. The average molecular weight is 277 g/mol. The molecule has 0 aliphatic rings. The summed E-state index contributed by atoms with van der Waals surface area (Å²) < 4.78 is 5.73. The zero-order valence-electron chi connectivity index (χ0n) is 13.3. The molecule has 0 aromatic heterocycles. The van der Waals surface area contributed by atoms with Crippen molar-refractivity contribution in [1.82, 2.24) is 4.90 Å². The topological polar surface area (TPSA) is 29.5 Å². The van der Waals surface area contributed by atoms with E-state index in [1.54, 1.807) is 0 Å². The number of hydrogen-bond acceptors (Lipinski definition) is 2. The maximum Gasteiger partial charge on any atom is 0.263 e. The highest BCUT2D eigenvalue weighted by Crippen LogP contribution is 2.13. The Labute approximate surface area is 122 Å². The van der Waals surface area contributed by atoms with Crippen LogP contribution in [0.5, 0.6) is 5.75 Å². The van der Waals surface area contributed by atoms with Crippen LogP contribution in [0, 0.1) is 11.8 Å². The second kappa shape index (κ2) is 7.93. The van der Waals surface area contributed by atoms with E-state index in [0.29, 0.717) is 11.8 Å². The summed E-state index contributed by atoms with van der Waals surface area (Å²) in [5.74, 6) is 1.72. The fourth-order valence-electron chi connectivity index (χ4n) is 2.15. The quantitative estimate of drug-likeness (QED) is 0.762. The first-order valence-corrected chi connectivity index (χ1v) is 7.40. The third kappa shape index (κ3) is 5.64. The van der Waals surface area contributed by atoms with Gasteiger partial charge in [-0.25, -0.2) is 0 Å². The van der Waals surface area contributed by atoms with Crippen LogP contribution in [0.25, 0.3) is 0 Å². The van der Waals surface area contributed by atoms with Gasteiger partial charge in [-0.05, 0) is 30.9 Å². The summed E-state index contributed by atoms with van der Waals surface area (Å²) in [5, 5.41) is 0. The minimum absolute atomic E-state index is 0.0660. The molecule has 0 aliphatic heterocycles. The summed E-state index contributed by atoms with van der Waals surface area (Å²) >= 11 is 0. The summed E-state index contributed by atoms with van der Waals surface area (Å²) in [6.45, 7) is 11.9. The van der Waals surface area contributed by atoms with Crippen LogP contribution < -0.4 is 4.74 Å². The molecule has 0 N–H and O–H groups in total. The first-order valence-electron chi connectivity index (χ1n) is 7.40. The van der Waals surface area contributed by atoms with Gasteiger partial charge in [-0.15, -0.1) is 0 Å². The molecule has 1 amide bonds. The molecule has 0 fully saturated rings. The number of nitrogens with zero attached hydrogens (tertiary/aromatic N) is 1. The molecule has 0 heterocycles. The number of rotatable bonds is 7. The van der Waals surface area contributed by atoms with E-state index in [4.69, 9.17) is 4.74 Å². The van der Waals surface area contributed by atoms with E-state index in [2.05, 4.69) is 27.7 Å². The molecule has 0 radical (unpaired) electrons. The Morgan fingerprint density at radius 2 is 1.50 bits per heavy atom. The maximum absolute atomic E-state index is 12.5. The van der Waals surface area contributed by atoms with Gasteiger partial charge in [0.1, 0.15) is 5.75 Å². The summed E-state index contributed by atoms with van der Waals surface area (Å²) in [6.07, 6.45) is -0.449. The Kier molecular flexibility index (Phi) is 6.56. The molecule has 20 heavy (non-hydrogen) atoms. The van der Waals surface area contributed by atoms with Gasteiger partial charge in [0.05, 0.1) is 0 Å². The number of benzene rings is 1. The van der Waals surface area contributed by atoms with E-state index in [-0.39, 0.29) is 5.91 Å². The van der Waals surface area contributed by atoms with Crippen molar-refractivity contribution in [3.63, 3.8) is 0 Å². The number of amides is 1. The van der Waals surface area contributed by atoms with Crippen LogP contribution in [-0.2, 0) is 4.79 Å². The summed E-state index contributed by atoms with van der Waals surface area (Å²) in [5.41, 5.74) is 0. The van der Waals surface area contributed by atoms with E-state index < -0.39 is 6.10 Å². The highest BCUT2D eigenvalue weighted by Gasteiger charge is 2.23. The maximum atomic E-state index is 12.5. The van der Waals surface area contributed by atoms with Crippen molar-refractivity contribution in [2.75, 3.05) is 13.1 Å². The molecule has 1 rings (SSSR count). The summed E-state index contributed by atoms with van der Waals surface area (Å²) in [6, 6.07) is 9.50. The zero-order valence-corrected chi connectivity index (χ0v) is 13.3. The highest BCUT2D eigenvalue weighted by molar-refractivity contribution is 5.80. The fraction of sp³-hybridized carbons (Fsp3) is 0.588. The molecular formula is C17H27NO2. The van der Waals surface area contributed by atoms with Crippen molar-refractivity contribution in [1.29, 1.82) is 0 Å². The van der Waals surface area contributed by atoms with Gasteiger partial charge in [0, 0.05) is 13.1 Å². The SMILES string of the molecule is CC(C)CN(CC(C)C)C(=O)[C@@H](C)Oc1ccccc1.